The summed E-state index contributed by atoms with van der Waals surface area (Å²) < 4.78 is 34.5. The molecule has 1 amide bonds. The van der Waals surface area contributed by atoms with Crippen molar-refractivity contribution in [1.29, 1.82) is 0 Å². The molecule has 2 heterocycles. The van der Waals surface area contributed by atoms with Crippen LogP contribution in [0.5, 0.6) is 5.75 Å². The summed E-state index contributed by atoms with van der Waals surface area (Å²) in [5, 5.41) is 4.77. The van der Waals surface area contributed by atoms with Crippen LogP contribution in [0, 0.1) is 5.92 Å². The Kier molecular flexibility index (Phi) is 7.88. The number of sulfone groups is 1. The maximum atomic E-state index is 12.7. The third kappa shape index (κ3) is 6.28. The van der Waals surface area contributed by atoms with E-state index in [4.69, 9.17) is 9.47 Å². The number of benzene rings is 1. The van der Waals surface area contributed by atoms with E-state index in [9.17, 15) is 18.0 Å². The Balaban J connectivity index is 1.34. The highest BCUT2D eigenvalue weighted by molar-refractivity contribution is 7.91. The maximum absolute atomic E-state index is 12.7. The molecule has 11 heteroatoms. The minimum Gasteiger partial charge on any atom is -0.497 e. The molecule has 1 aliphatic rings. The van der Waals surface area contributed by atoms with Crippen LogP contribution in [0.2, 0.25) is 0 Å². The zero-order valence-electron chi connectivity index (χ0n) is 19.7. The van der Waals surface area contributed by atoms with Crippen LogP contribution < -0.4 is 15.6 Å². The van der Waals surface area contributed by atoms with Crippen LogP contribution >= 0.6 is 11.3 Å². The van der Waals surface area contributed by atoms with Crippen LogP contribution in [0.25, 0.3) is 10.2 Å². The largest absolute Gasteiger partial charge is 0.497 e. The topological polar surface area (TPSA) is 127 Å². The Bertz CT molecular complexity index is 1360. The molecule has 1 aliphatic carbocycles. The lowest BCUT2D eigenvalue weighted by molar-refractivity contribution is 0.0750. The maximum Gasteiger partial charge on any atom is 0.287 e. The molecule has 4 rings (SSSR count). The predicted molar refractivity (Wildman–Crippen MR) is 135 cm³/mol. The van der Waals surface area contributed by atoms with E-state index in [1.54, 1.807) is 7.11 Å². The zero-order chi connectivity index (χ0) is 25.0. The lowest BCUT2D eigenvalue weighted by atomic mass is 9.89. The normalized spacial score (nSPS) is 18.5. The number of fused-ring (bicyclic) bond motifs is 1. The number of thiophene rings is 1. The van der Waals surface area contributed by atoms with Gasteiger partial charge in [-0.1, -0.05) is 12.1 Å². The molecule has 1 aromatic carbocycles. The molecule has 9 nitrogen and oxygen atoms in total. The highest BCUT2D eigenvalue weighted by Crippen LogP contribution is 2.29. The van der Waals surface area contributed by atoms with Crippen molar-refractivity contribution in [3.8, 4) is 5.75 Å². The first-order valence-electron chi connectivity index (χ1n) is 11.4. The highest BCUT2D eigenvalue weighted by atomic mass is 32.2. The Morgan fingerprint density at radius 2 is 2.03 bits per heavy atom. The molecule has 0 spiro atoms. The van der Waals surface area contributed by atoms with Crippen LogP contribution in [0.1, 0.15) is 47.4 Å². The lowest BCUT2D eigenvalue weighted by Gasteiger charge is -2.27. The SMILES string of the molecule is COc1cccc(CNC(=O)c2nc3scc(COCC4CCC(S(C)(=O)=O)CC4)c3c(=O)[nH]2)c1. The summed E-state index contributed by atoms with van der Waals surface area (Å²) in [4.78, 5) is 32.7. The number of hydrogen-bond donors (Lipinski definition) is 2. The Morgan fingerprint density at radius 3 is 2.74 bits per heavy atom. The van der Waals surface area contributed by atoms with Gasteiger partial charge < -0.3 is 19.8 Å². The fourth-order valence-electron chi connectivity index (χ4n) is 4.33. The fraction of sp³-hybridized carbons (Fsp3) is 0.458. The number of aromatic amines is 1. The van der Waals surface area contributed by atoms with Gasteiger partial charge >= 0.3 is 0 Å². The second-order valence-corrected chi connectivity index (χ2v) is 12.1. The van der Waals surface area contributed by atoms with E-state index in [-0.39, 0.29) is 29.8 Å². The number of ether oxygens (including phenoxy) is 2. The molecular weight excluding hydrogens is 490 g/mol. The Hall–Kier alpha value is -2.76. The monoisotopic (exact) mass is 519 g/mol. The van der Waals surface area contributed by atoms with Gasteiger partial charge in [-0.05, 0) is 54.7 Å². The molecular formula is C24H29N3O6S2. The van der Waals surface area contributed by atoms with Crippen molar-refractivity contribution in [1.82, 2.24) is 15.3 Å². The first-order valence-corrected chi connectivity index (χ1v) is 14.3. The number of aromatic nitrogens is 2. The molecule has 0 saturated heterocycles. The van der Waals surface area contributed by atoms with Gasteiger partial charge in [-0.15, -0.1) is 11.3 Å². The molecule has 1 fully saturated rings. The summed E-state index contributed by atoms with van der Waals surface area (Å²) in [6.45, 7) is 1.05. The van der Waals surface area contributed by atoms with E-state index in [2.05, 4.69) is 15.3 Å². The van der Waals surface area contributed by atoms with Gasteiger partial charge in [-0.2, -0.15) is 0 Å². The summed E-state index contributed by atoms with van der Waals surface area (Å²) >= 11 is 1.29. The average Bonchev–Trinajstić information content (AvgIpc) is 3.26. The van der Waals surface area contributed by atoms with Crippen molar-refractivity contribution in [3.63, 3.8) is 0 Å². The standard InChI is InChI=1S/C24H29N3O6S2/c1-32-18-5-3-4-16(10-18)11-25-23(29)21-26-22(28)20-17(14-34-24(20)27-21)13-33-12-15-6-8-19(9-7-15)35(2,30)31/h3-5,10,14-15,19H,6-9,11-13H2,1-2H3,(H,25,29)(H,26,27,28). The number of rotatable bonds is 9. The molecule has 0 radical (unpaired) electrons. The summed E-state index contributed by atoms with van der Waals surface area (Å²) in [7, 11) is -1.41. The molecule has 3 aromatic rings. The van der Waals surface area contributed by atoms with Crippen molar-refractivity contribution in [3.05, 3.63) is 57.0 Å². The molecule has 0 bridgehead atoms. The number of H-pyrrole nitrogens is 1. The van der Waals surface area contributed by atoms with Gasteiger partial charge in [0.2, 0.25) is 5.82 Å². The van der Waals surface area contributed by atoms with Crippen LogP contribution in [0.3, 0.4) is 0 Å². The number of carbonyl (C=O) groups excluding carboxylic acids is 1. The average molecular weight is 520 g/mol. The van der Waals surface area contributed by atoms with Gasteiger partial charge in [0.25, 0.3) is 11.5 Å². The number of nitrogens with zero attached hydrogens (tertiary/aromatic N) is 1. The van der Waals surface area contributed by atoms with Crippen molar-refractivity contribution in [2.45, 2.75) is 44.1 Å². The first kappa shape index (κ1) is 25.3. The first-order chi connectivity index (χ1) is 16.7. The summed E-state index contributed by atoms with van der Waals surface area (Å²) in [6.07, 6.45) is 4.27. The molecule has 2 aromatic heterocycles. The van der Waals surface area contributed by atoms with Gasteiger partial charge in [-0.25, -0.2) is 13.4 Å². The predicted octanol–water partition coefficient (Wildman–Crippen LogP) is 3.04. The summed E-state index contributed by atoms with van der Waals surface area (Å²) in [5.41, 5.74) is 1.21. The van der Waals surface area contributed by atoms with E-state index in [1.807, 2.05) is 29.6 Å². The molecule has 188 valence electrons. The molecule has 0 atom stereocenters. The molecule has 35 heavy (non-hydrogen) atoms. The zero-order valence-corrected chi connectivity index (χ0v) is 21.3. The van der Waals surface area contributed by atoms with Gasteiger partial charge in [0.05, 0.1) is 24.4 Å². The number of hydrogen-bond acceptors (Lipinski definition) is 8. The van der Waals surface area contributed by atoms with Crippen molar-refractivity contribution >= 4 is 37.3 Å². The molecule has 0 unspecified atom stereocenters. The minimum absolute atomic E-state index is 0.0395. The summed E-state index contributed by atoms with van der Waals surface area (Å²) in [6, 6.07) is 7.34. The number of carbonyl (C=O) groups is 1. The van der Waals surface area contributed by atoms with Crippen molar-refractivity contribution < 1.29 is 22.7 Å². The van der Waals surface area contributed by atoms with Gasteiger partial charge in [-0.3, -0.25) is 9.59 Å². The summed E-state index contributed by atoms with van der Waals surface area (Å²) in [5.74, 6) is 0.499. The van der Waals surface area contributed by atoms with E-state index in [1.165, 1.54) is 17.6 Å². The van der Waals surface area contributed by atoms with Crippen LogP contribution in [0.4, 0.5) is 0 Å². The van der Waals surface area contributed by atoms with E-state index >= 15 is 0 Å². The quantitative estimate of drug-likeness (QED) is 0.445. The molecule has 2 N–H and O–H groups in total. The molecule has 1 saturated carbocycles. The fourth-order valence-corrected chi connectivity index (χ4v) is 6.39. The second kappa shape index (κ2) is 10.9. The number of nitrogens with one attached hydrogen (secondary N) is 2. The molecule has 0 aliphatic heterocycles. The Morgan fingerprint density at radius 1 is 1.26 bits per heavy atom. The van der Waals surface area contributed by atoms with Gasteiger partial charge in [0.15, 0.2) is 0 Å². The third-order valence-corrected chi connectivity index (χ3v) is 8.94. The van der Waals surface area contributed by atoms with E-state index in [0.717, 1.165) is 24.0 Å². The van der Waals surface area contributed by atoms with Crippen molar-refractivity contribution in [2.75, 3.05) is 20.0 Å². The minimum atomic E-state index is -2.98. The number of amides is 1. The van der Waals surface area contributed by atoms with E-state index < -0.39 is 15.7 Å². The smallest absolute Gasteiger partial charge is 0.287 e. The van der Waals surface area contributed by atoms with E-state index in [0.29, 0.717) is 41.3 Å². The van der Waals surface area contributed by atoms with Crippen LogP contribution in [-0.4, -0.2) is 49.5 Å². The van der Waals surface area contributed by atoms with Crippen LogP contribution in [0.15, 0.2) is 34.4 Å². The Labute approximate surface area is 207 Å². The number of methoxy groups -OCH3 is 1. The third-order valence-electron chi connectivity index (χ3n) is 6.33. The lowest BCUT2D eigenvalue weighted by Crippen LogP contribution is -2.28. The highest BCUT2D eigenvalue weighted by Gasteiger charge is 2.28. The van der Waals surface area contributed by atoms with Gasteiger partial charge in [0, 0.05) is 25.0 Å². The van der Waals surface area contributed by atoms with Crippen molar-refractivity contribution in [2.24, 2.45) is 5.92 Å². The second-order valence-electron chi connectivity index (χ2n) is 8.88. The van der Waals surface area contributed by atoms with Gasteiger partial charge in [0.1, 0.15) is 20.4 Å². The van der Waals surface area contributed by atoms with Crippen LogP contribution in [-0.2, 0) is 27.7 Å².